The zero-order valence-corrected chi connectivity index (χ0v) is 19.7. The lowest BCUT2D eigenvalue weighted by Gasteiger charge is -2.12. The van der Waals surface area contributed by atoms with Crippen LogP contribution in [0.4, 0.5) is 11.6 Å². The molecule has 176 valence electrons. The Hall–Kier alpha value is -4.53. The first-order valence-corrected chi connectivity index (χ1v) is 11.2. The van der Waals surface area contributed by atoms with Crippen molar-refractivity contribution in [3.8, 4) is 22.7 Å². The predicted molar refractivity (Wildman–Crippen MR) is 134 cm³/mol. The molecule has 0 fully saturated rings. The Morgan fingerprint density at radius 2 is 2.06 bits per heavy atom. The van der Waals surface area contributed by atoms with Crippen LogP contribution in [0, 0.1) is 6.92 Å². The molecule has 0 bridgehead atoms. The molecule has 1 amide bonds. The van der Waals surface area contributed by atoms with Crippen molar-refractivity contribution in [3.05, 3.63) is 72.5 Å². The number of anilines is 2. The number of hydrogen-bond acceptors (Lipinski definition) is 7. The van der Waals surface area contributed by atoms with E-state index in [4.69, 9.17) is 10.2 Å². The third-order valence-corrected chi connectivity index (χ3v) is 5.98. The molecule has 1 atom stereocenters. The van der Waals surface area contributed by atoms with Gasteiger partial charge < -0.3 is 15.5 Å². The topological polar surface area (TPSA) is 125 Å². The maximum absolute atomic E-state index is 12.6. The lowest BCUT2D eigenvalue weighted by Crippen LogP contribution is -2.15. The maximum atomic E-state index is 12.6. The summed E-state index contributed by atoms with van der Waals surface area (Å²) in [7, 11) is 1.86. The van der Waals surface area contributed by atoms with Gasteiger partial charge in [0.25, 0.3) is 0 Å². The van der Waals surface area contributed by atoms with E-state index in [-0.39, 0.29) is 11.8 Å². The first kappa shape index (κ1) is 22.3. The number of nitrogens with one attached hydrogen (secondary N) is 1. The molecule has 0 radical (unpaired) electrons. The number of benzene rings is 1. The van der Waals surface area contributed by atoms with Crippen molar-refractivity contribution in [1.29, 1.82) is 0 Å². The lowest BCUT2D eigenvalue weighted by atomic mass is 10.0. The summed E-state index contributed by atoms with van der Waals surface area (Å²) in [5, 5.41) is 8.64. The highest BCUT2D eigenvalue weighted by atomic mass is 16.3. The molecule has 35 heavy (non-hydrogen) atoms. The molecule has 0 saturated carbocycles. The second-order valence-electron chi connectivity index (χ2n) is 8.65. The summed E-state index contributed by atoms with van der Waals surface area (Å²) in [5.74, 6) is 1.33. The van der Waals surface area contributed by atoms with Gasteiger partial charge in [-0.15, -0.1) is 0 Å². The van der Waals surface area contributed by atoms with Crippen LogP contribution in [0.25, 0.3) is 33.5 Å². The molecule has 0 spiro atoms. The Morgan fingerprint density at radius 3 is 2.77 bits per heavy atom. The Balaban J connectivity index is 1.40. The summed E-state index contributed by atoms with van der Waals surface area (Å²) in [4.78, 5) is 25.8. The number of nitrogens with zero attached hydrogens (tertiary/aromatic N) is 5. The van der Waals surface area contributed by atoms with Crippen LogP contribution in [-0.2, 0) is 11.8 Å². The van der Waals surface area contributed by atoms with E-state index in [2.05, 4.69) is 25.4 Å². The average Bonchev–Trinajstić information content (AvgIpc) is 3.51. The van der Waals surface area contributed by atoms with Crippen molar-refractivity contribution in [2.24, 2.45) is 7.05 Å². The molecule has 4 aromatic heterocycles. The second-order valence-corrected chi connectivity index (χ2v) is 8.65. The molecule has 9 nitrogen and oxygen atoms in total. The molecular formula is C26H25N7O2. The molecule has 4 heterocycles. The zero-order valence-electron chi connectivity index (χ0n) is 19.7. The Bertz CT molecular complexity index is 1520. The Labute approximate surface area is 202 Å². The third kappa shape index (κ3) is 4.61. The Morgan fingerprint density at radius 1 is 1.20 bits per heavy atom. The molecule has 0 saturated heterocycles. The summed E-state index contributed by atoms with van der Waals surface area (Å²) in [5.41, 5.74) is 10.9. The average molecular weight is 468 g/mol. The first-order valence-electron chi connectivity index (χ1n) is 11.2. The number of hydrogen-bond donors (Lipinski definition) is 2. The zero-order chi connectivity index (χ0) is 24.5. The van der Waals surface area contributed by atoms with Gasteiger partial charge in [0.15, 0.2) is 0 Å². The van der Waals surface area contributed by atoms with Crippen molar-refractivity contribution >= 4 is 28.3 Å². The van der Waals surface area contributed by atoms with Gasteiger partial charge in [-0.1, -0.05) is 13.0 Å². The normalized spacial score (nSPS) is 12.1. The minimum atomic E-state index is -0.117. The maximum Gasteiger partial charge on any atom is 0.226 e. The largest absolute Gasteiger partial charge is 0.445 e. The van der Waals surface area contributed by atoms with Gasteiger partial charge in [0.1, 0.15) is 17.9 Å². The standard InChI is InChI=1S/C26H25N7O2/c1-15(19-12-30-33(3)14-19)9-24(34)32-23-11-18-10-22(31-25(27)21(18)13-29-23)20-5-4-17(8-16(20)2)26-28-6-7-35-26/h4-8,10-15H,9H2,1-3H3,(H2,27,31)(H,29,32,34)/t15-/m1/s1. The molecule has 3 N–H and O–H groups in total. The molecule has 0 unspecified atom stereocenters. The van der Waals surface area contributed by atoms with Crippen molar-refractivity contribution in [2.75, 3.05) is 11.1 Å². The fourth-order valence-electron chi connectivity index (χ4n) is 4.11. The van der Waals surface area contributed by atoms with Crippen LogP contribution in [0.3, 0.4) is 0 Å². The smallest absolute Gasteiger partial charge is 0.226 e. The van der Waals surface area contributed by atoms with Crippen LogP contribution >= 0.6 is 0 Å². The van der Waals surface area contributed by atoms with Crippen LogP contribution in [0.15, 0.2) is 65.8 Å². The molecule has 5 aromatic rings. The Kier molecular flexibility index (Phi) is 5.74. The SMILES string of the molecule is Cc1cc(-c2ncco2)ccc1-c1cc2cc(NC(=O)C[C@@H](C)c3cnn(C)c3)ncc2c(N)n1. The number of rotatable bonds is 6. The van der Waals surface area contributed by atoms with E-state index in [0.717, 1.165) is 38.7 Å². The molecule has 5 rings (SSSR count). The summed E-state index contributed by atoms with van der Waals surface area (Å²) in [6.45, 7) is 4.00. The summed E-state index contributed by atoms with van der Waals surface area (Å²) in [6.07, 6.45) is 8.83. The van der Waals surface area contributed by atoms with Crippen molar-refractivity contribution in [2.45, 2.75) is 26.2 Å². The number of carbonyl (C=O) groups excluding carboxylic acids is 1. The number of aromatic nitrogens is 5. The number of aryl methyl sites for hydroxylation is 2. The van der Waals surface area contributed by atoms with Crippen LogP contribution in [0.1, 0.15) is 30.4 Å². The molecule has 0 aliphatic heterocycles. The number of fused-ring (bicyclic) bond motifs is 1. The lowest BCUT2D eigenvalue weighted by molar-refractivity contribution is -0.116. The minimum absolute atomic E-state index is 0.0397. The molecule has 0 aliphatic rings. The van der Waals surface area contributed by atoms with Crippen LogP contribution in [0.2, 0.25) is 0 Å². The molecule has 1 aromatic carbocycles. The number of nitrogens with two attached hydrogens (primary N) is 1. The highest BCUT2D eigenvalue weighted by molar-refractivity contribution is 5.97. The third-order valence-electron chi connectivity index (χ3n) is 5.98. The number of amides is 1. The summed E-state index contributed by atoms with van der Waals surface area (Å²) < 4.78 is 7.13. The van der Waals surface area contributed by atoms with Crippen molar-refractivity contribution < 1.29 is 9.21 Å². The molecular weight excluding hydrogens is 442 g/mol. The van der Waals surface area contributed by atoms with Gasteiger partial charge in [-0.2, -0.15) is 5.10 Å². The van der Waals surface area contributed by atoms with Crippen LogP contribution < -0.4 is 11.1 Å². The van der Waals surface area contributed by atoms with E-state index < -0.39 is 0 Å². The fourth-order valence-corrected chi connectivity index (χ4v) is 4.11. The summed E-state index contributed by atoms with van der Waals surface area (Å²) in [6, 6.07) is 9.70. The second kappa shape index (κ2) is 9.02. The van der Waals surface area contributed by atoms with E-state index in [1.807, 2.05) is 57.4 Å². The van der Waals surface area contributed by atoms with Crippen LogP contribution in [-0.4, -0.2) is 30.6 Å². The number of pyridine rings is 2. The van der Waals surface area contributed by atoms with Crippen molar-refractivity contribution in [1.82, 2.24) is 24.7 Å². The summed E-state index contributed by atoms with van der Waals surface area (Å²) >= 11 is 0. The quantitative estimate of drug-likeness (QED) is 0.370. The van der Waals surface area contributed by atoms with Gasteiger partial charge in [0.2, 0.25) is 11.8 Å². The van der Waals surface area contributed by atoms with E-state index in [1.165, 1.54) is 0 Å². The van der Waals surface area contributed by atoms with Gasteiger partial charge in [-0.05, 0) is 53.6 Å². The highest BCUT2D eigenvalue weighted by Gasteiger charge is 2.15. The van der Waals surface area contributed by atoms with E-state index in [0.29, 0.717) is 23.9 Å². The van der Waals surface area contributed by atoms with E-state index >= 15 is 0 Å². The van der Waals surface area contributed by atoms with Crippen LogP contribution in [0.5, 0.6) is 0 Å². The minimum Gasteiger partial charge on any atom is -0.445 e. The highest BCUT2D eigenvalue weighted by Crippen LogP contribution is 2.31. The first-order chi connectivity index (χ1) is 16.9. The van der Waals surface area contributed by atoms with Gasteiger partial charge in [-0.25, -0.2) is 15.0 Å². The monoisotopic (exact) mass is 467 g/mol. The number of carbonyl (C=O) groups is 1. The van der Waals surface area contributed by atoms with Gasteiger partial charge >= 0.3 is 0 Å². The van der Waals surface area contributed by atoms with E-state index in [1.54, 1.807) is 29.5 Å². The number of nitrogen functional groups attached to an aromatic ring is 1. The fraction of sp³-hybridized carbons (Fsp3) is 0.192. The van der Waals surface area contributed by atoms with Crippen molar-refractivity contribution in [3.63, 3.8) is 0 Å². The number of oxazole rings is 1. The predicted octanol–water partition coefficient (Wildman–Crippen LogP) is 4.71. The van der Waals surface area contributed by atoms with Gasteiger partial charge in [0.05, 0.1) is 18.1 Å². The van der Waals surface area contributed by atoms with Gasteiger partial charge in [-0.3, -0.25) is 9.48 Å². The molecule has 0 aliphatic carbocycles. The molecule has 9 heteroatoms. The van der Waals surface area contributed by atoms with E-state index in [9.17, 15) is 4.79 Å². The van der Waals surface area contributed by atoms with Gasteiger partial charge in [0, 0.05) is 42.4 Å².